The number of nitrogens with zero attached hydrogens (tertiary/aromatic N) is 5. The fourth-order valence-corrected chi connectivity index (χ4v) is 4.47. The summed E-state index contributed by atoms with van der Waals surface area (Å²) in [6.07, 6.45) is 17.8. The fourth-order valence-electron chi connectivity index (χ4n) is 4.47. The van der Waals surface area contributed by atoms with Gasteiger partial charge in [-0.25, -0.2) is 9.97 Å². The lowest BCUT2D eigenvalue weighted by molar-refractivity contribution is 0.423. The normalized spacial score (nSPS) is 19.0. The van der Waals surface area contributed by atoms with E-state index in [1.54, 1.807) is 6.20 Å². The van der Waals surface area contributed by atoms with Crippen LogP contribution in [0.1, 0.15) is 26.2 Å². The van der Waals surface area contributed by atoms with E-state index in [4.69, 9.17) is 10.1 Å². The van der Waals surface area contributed by atoms with Crippen molar-refractivity contribution in [1.82, 2.24) is 30.0 Å². The van der Waals surface area contributed by atoms with Gasteiger partial charge in [0.05, 0.1) is 11.7 Å². The minimum Gasteiger partial charge on any atom is -0.348 e. The molecule has 1 unspecified atom stereocenters. The van der Waals surface area contributed by atoms with Crippen LogP contribution in [-0.2, 0) is 6.54 Å². The molecule has 3 aromatic rings. The van der Waals surface area contributed by atoms with Crippen LogP contribution >= 0.6 is 0 Å². The Labute approximate surface area is 188 Å². The van der Waals surface area contributed by atoms with Gasteiger partial charge in [0.25, 0.3) is 0 Å². The summed E-state index contributed by atoms with van der Waals surface area (Å²) in [5.74, 6) is 1.29. The van der Waals surface area contributed by atoms with E-state index in [1.807, 2.05) is 41.5 Å². The highest BCUT2D eigenvalue weighted by atomic mass is 15.3. The van der Waals surface area contributed by atoms with Crippen LogP contribution in [0.3, 0.4) is 0 Å². The lowest BCUT2D eigenvalue weighted by atomic mass is 9.86. The van der Waals surface area contributed by atoms with E-state index < -0.39 is 0 Å². The zero-order valence-corrected chi connectivity index (χ0v) is 18.4. The van der Waals surface area contributed by atoms with E-state index in [2.05, 4.69) is 45.8 Å². The SMILES string of the molecule is CCn1cc(-c2ccnc(NC3C=C(C4CCNCC4)C=CC3)n2)c(-c2cccnc2)n1. The van der Waals surface area contributed by atoms with Crippen LogP contribution in [0.4, 0.5) is 5.95 Å². The Morgan fingerprint density at radius 2 is 2.09 bits per heavy atom. The molecule has 1 saturated heterocycles. The number of pyridine rings is 1. The van der Waals surface area contributed by atoms with Gasteiger partial charge in [0.2, 0.25) is 5.95 Å². The van der Waals surface area contributed by atoms with E-state index in [0.29, 0.717) is 11.9 Å². The second-order valence-electron chi connectivity index (χ2n) is 8.33. The van der Waals surface area contributed by atoms with Crippen molar-refractivity contribution >= 4 is 5.95 Å². The maximum Gasteiger partial charge on any atom is 0.223 e. The molecule has 0 amide bonds. The third-order valence-corrected chi connectivity index (χ3v) is 6.17. The average Bonchev–Trinajstić information content (AvgIpc) is 3.30. The standard InChI is InChI=1S/C25H29N7/c1-2-32-17-22(24(31-32)20-6-4-11-27-16-20)23-10-14-28-25(30-23)29-21-7-3-5-19(15-21)18-8-12-26-13-9-18/h3-6,10-11,14-18,21,26H,2,7-9,12-13H2,1H3,(H,28,29,30). The highest BCUT2D eigenvalue weighted by Crippen LogP contribution is 2.30. The number of piperidine rings is 1. The number of aromatic nitrogens is 5. The van der Waals surface area contributed by atoms with Crippen LogP contribution in [-0.4, -0.2) is 43.9 Å². The molecule has 0 radical (unpaired) electrons. The van der Waals surface area contributed by atoms with Gasteiger partial charge in [0.15, 0.2) is 0 Å². The molecule has 4 heterocycles. The molecule has 7 heteroatoms. The Morgan fingerprint density at radius 1 is 1.19 bits per heavy atom. The van der Waals surface area contributed by atoms with Gasteiger partial charge in [-0.3, -0.25) is 9.67 Å². The summed E-state index contributed by atoms with van der Waals surface area (Å²) >= 11 is 0. The van der Waals surface area contributed by atoms with Crippen molar-refractivity contribution in [1.29, 1.82) is 0 Å². The Bertz CT molecular complexity index is 1110. The van der Waals surface area contributed by atoms with Gasteiger partial charge in [0.1, 0.15) is 5.69 Å². The van der Waals surface area contributed by atoms with Crippen LogP contribution in [0.15, 0.2) is 66.8 Å². The molecule has 1 aliphatic carbocycles. The van der Waals surface area contributed by atoms with Crippen molar-refractivity contribution in [3.8, 4) is 22.5 Å². The molecule has 1 aliphatic heterocycles. The Morgan fingerprint density at radius 3 is 2.91 bits per heavy atom. The van der Waals surface area contributed by atoms with Crippen LogP contribution < -0.4 is 10.6 Å². The van der Waals surface area contributed by atoms with Crippen molar-refractivity contribution < 1.29 is 0 Å². The van der Waals surface area contributed by atoms with Crippen molar-refractivity contribution in [2.45, 2.75) is 38.8 Å². The second-order valence-corrected chi connectivity index (χ2v) is 8.33. The Balaban J connectivity index is 1.39. The summed E-state index contributed by atoms with van der Waals surface area (Å²) in [6, 6.07) is 6.11. The van der Waals surface area contributed by atoms with E-state index >= 15 is 0 Å². The number of aryl methyl sites for hydroxylation is 1. The zero-order chi connectivity index (χ0) is 21.8. The maximum atomic E-state index is 4.85. The predicted molar refractivity (Wildman–Crippen MR) is 127 cm³/mol. The first kappa shape index (κ1) is 20.6. The van der Waals surface area contributed by atoms with Gasteiger partial charge < -0.3 is 10.6 Å². The molecule has 0 spiro atoms. The largest absolute Gasteiger partial charge is 0.348 e. The monoisotopic (exact) mass is 427 g/mol. The van der Waals surface area contributed by atoms with Crippen LogP contribution in [0.2, 0.25) is 0 Å². The predicted octanol–water partition coefficient (Wildman–Crippen LogP) is 4.09. The van der Waals surface area contributed by atoms with Gasteiger partial charge in [-0.05, 0) is 69.0 Å². The van der Waals surface area contributed by atoms with Crippen LogP contribution in [0.25, 0.3) is 22.5 Å². The van der Waals surface area contributed by atoms with Crippen LogP contribution in [0.5, 0.6) is 0 Å². The molecular weight excluding hydrogens is 398 g/mol. The third-order valence-electron chi connectivity index (χ3n) is 6.17. The molecule has 0 aromatic carbocycles. The Hall–Kier alpha value is -3.32. The van der Waals surface area contributed by atoms with E-state index in [-0.39, 0.29) is 6.04 Å². The minimum atomic E-state index is 0.205. The molecule has 0 saturated carbocycles. The Kier molecular flexibility index (Phi) is 6.07. The van der Waals surface area contributed by atoms with Crippen molar-refractivity contribution in [2.75, 3.05) is 18.4 Å². The van der Waals surface area contributed by atoms with Crippen molar-refractivity contribution in [2.24, 2.45) is 5.92 Å². The zero-order valence-electron chi connectivity index (χ0n) is 18.4. The van der Waals surface area contributed by atoms with Gasteiger partial charge in [-0.1, -0.05) is 18.2 Å². The number of anilines is 1. The van der Waals surface area contributed by atoms with Crippen LogP contribution in [0, 0.1) is 5.92 Å². The van der Waals surface area contributed by atoms with Gasteiger partial charge >= 0.3 is 0 Å². The molecule has 2 N–H and O–H groups in total. The fraction of sp³-hybridized carbons (Fsp3) is 0.360. The summed E-state index contributed by atoms with van der Waals surface area (Å²) in [5, 5.41) is 11.7. The number of hydrogen-bond donors (Lipinski definition) is 2. The number of hydrogen-bond acceptors (Lipinski definition) is 6. The van der Waals surface area contributed by atoms with Gasteiger partial charge in [-0.15, -0.1) is 0 Å². The second kappa shape index (κ2) is 9.44. The molecule has 164 valence electrons. The molecule has 5 rings (SSSR count). The highest BCUT2D eigenvalue weighted by molar-refractivity contribution is 5.78. The number of nitrogens with one attached hydrogen (secondary N) is 2. The summed E-state index contributed by atoms with van der Waals surface area (Å²) in [5.41, 5.74) is 5.15. The lowest BCUT2D eigenvalue weighted by Crippen LogP contribution is -2.29. The molecule has 2 aliphatic rings. The highest BCUT2D eigenvalue weighted by Gasteiger charge is 2.20. The van der Waals surface area contributed by atoms with Gasteiger partial charge in [0, 0.05) is 42.5 Å². The maximum absolute atomic E-state index is 4.85. The summed E-state index contributed by atoms with van der Waals surface area (Å²) in [7, 11) is 0. The minimum absolute atomic E-state index is 0.205. The first-order chi connectivity index (χ1) is 15.8. The molecular formula is C25H29N7. The molecule has 1 fully saturated rings. The first-order valence-electron chi connectivity index (χ1n) is 11.5. The van der Waals surface area contributed by atoms with E-state index in [9.17, 15) is 0 Å². The van der Waals surface area contributed by atoms with E-state index in [0.717, 1.165) is 48.6 Å². The van der Waals surface area contributed by atoms with Gasteiger partial charge in [-0.2, -0.15) is 5.10 Å². The molecule has 3 aromatic heterocycles. The third kappa shape index (κ3) is 4.48. The molecule has 0 bridgehead atoms. The van der Waals surface area contributed by atoms with Crippen molar-refractivity contribution in [3.63, 3.8) is 0 Å². The first-order valence-corrected chi connectivity index (χ1v) is 11.5. The summed E-state index contributed by atoms with van der Waals surface area (Å²) in [6.45, 7) is 5.08. The van der Waals surface area contributed by atoms with Crippen molar-refractivity contribution in [3.05, 3.63) is 66.8 Å². The molecule has 1 atom stereocenters. The smallest absolute Gasteiger partial charge is 0.223 e. The summed E-state index contributed by atoms with van der Waals surface area (Å²) < 4.78 is 1.94. The number of rotatable bonds is 6. The van der Waals surface area contributed by atoms with E-state index in [1.165, 1.54) is 18.4 Å². The summed E-state index contributed by atoms with van der Waals surface area (Å²) in [4.78, 5) is 13.6. The average molecular weight is 428 g/mol. The molecule has 32 heavy (non-hydrogen) atoms. The molecule has 7 nitrogen and oxygen atoms in total. The number of allylic oxidation sites excluding steroid dienone is 2. The quantitative estimate of drug-likeness (QED) is 0.617. The lowest BCUT2D eigenvalue weighted by Gasteiger charge is -2.27. The topological polar surface area (TPSA) is 80.5 Å².